The van der Waals surface area contributed by atoms with Gasteiger partial charge in [0.1, 0.15) is 0 Å². The van der Waals surface area contributed by atoms with E-state index in [-0.39, 0.29) is 0 Å². The van der Waals surface area contributed by atoms with Gasteiger partial charge < -0.3 is 0 Å². The SMILES string of the molecule is CCC(CC)(C(C)C)[SiH](C)C. The predicted molar refractivity (Wildman–Crippen MR) is 57.0 cm³/mol. The van der Waals surface area contributed by atoms with Crippen molar-refractivity contribution in [3.63, 3.8) is 0 Å². The van der Waals surface area contributed by atoms with Crippen molar-refractivity contribution < 1.29 is 0 Å². The van der Waals surface area contributed by atoms with Crippen LogP contribution >= 0.6 is 0 Å². The quantitative estimate of drug-likeness (QED) is 0.567. The minimum Gasteiger partial charge on any atom is -0.0718 e. The van der Waals surface area contributed by atoms with E-state index in [0.717, 1.165) is 11.0 Å². The number of hydrogen-bond acceptors (Lipinski definition) is 0. The fourth-order valence-corrected chi connectivity index (χ4v) is 5.52. The fourth-order valence-electron chi connectivity index (χ4n) is 2.55. The van der Waals surface area contributed by atoms with Crippen LogP contribution in [-0.4, -0.2) is 8.80 Å². The molecule has 0 unspecified atom stereocenters. The van der Waals surface area contributed by atoms with Crippen LogP contribution in [0.5, 0.6) is 0 Å². The molecule has 0 bridgehead atoms. The molecule has 0 aliphatic rings. The Labute approximate surface area is 74.0 Å². The molecule has 0 rings (SSSR count). The maximum absolute atomic E-state index is 2.49. The Hall–Kier alpha value is 0.217. The van der Waals surface area contributed by atoms with E-state index in [1.165, 1.54) is 12.8 Å². The van der Waals surface area contributed by atoms with E-state index in [4.69, 9.17) is 0 Å². The van der Waals surface area contributed by atoms with Crippen LogP contribution in [0.2, 0.25) is 18.1 Å². The van der Waals surface area contributed by atoms with E-state index >= 15 is 0 Å². The second-order valence-electron chi connectivity index (χ2n) is 4.25. The Morgan fingerprint density at radius 3 is 1.45 bits per heavy atom. The first-order valence-corrected chi connectivity index (χ1v) is 7.89. The van der Waals surface area contributed by atoms with Crippen molar-refractivity contribution in [3.8, 4) is 0 Å². The summed E-state index contributed by atoms with van der Waals surface area (Å²) < 4.78 is 0. The standard InChI is InChI=1S/C10H24Si/c1-7-10(8-2,9(3)4)11(5)6/h9,11H,7-8H2,1-6H3. The van der Waals surface area contributed by atoms with E-state index in [0.29, 0.717) is 0 Å². The van der Waals surface area contributed by atoms with E-state index < -0.39 is 8.80 Å². The van der Waals surface area contributed by atoms with Crippen molar-refractivity contribution in [1.29, 1.82) is 0 Å². The van der Waals surface area contributed by atoms with Crippen molar-refractivity contribution in [3.05, 3.63) is 0 Å². The summed E-state index contributed by atoms with van der Waals surface area (Å²) in [5.41, 5.74) is 0. The average Bonchev–Trinajstić information content (AvgIpc) is 1.90. The Bertz CT molecular complexity index is 91.4. The van der Waals surface area contributed by atoms with Crippen LogP contribution in [0.25, 0.3) is 0 Å². The van der Waals surface area contributed by atoms with Gasteiger partial charge in [0.05, 0.1) is 0 Å². The van der Waals surface area contributed by atoms with Gasteiger partial charge in [-0.3, -0.25) is 0 Å². The van der Waals surface area contributed by atoms with Crippen molar-refractivity contribution in [2.24, 2.45) is 5.92 Å². The third kappa shape index (κ3) is 2.08. The third-order valence-electron chi connectivity index (χ3n) is 3.62. The molecule has 0 amide bonds. The molecule has 0 aromatic heterocycles. The Kier molecular flexibility index (Phi) is 4.38. The van der Waals surface area contributed by atoms with Crippen molar-refractivity contribution in [2.75, 3.05) is 0 Å². The largest absolute Gasteiger partial charge is 0.0718 e. The topological polar surface area (TPSA) is 0 Å². The zero-order chi connectivity index (χ0) is 9.07. The maximum atomic E-state index is 2.49. The van der Waals surface area contributed by atoms with Gasteiger partial charge in [0.2, 0.25) is 0 Å². The lowest BCUT2D eigenvalue weighted by Crippen LogP contribution is -2.31. The van der Waals surface area contributed by atoms with Crippen molar-refractivity contribution in [2.45, 2.75) is 58.7 Å². The summed E-state index contributed by atoms with van der Waals surface area (Å²) in [6.07, 6.45) is 2.76. The maximum Gasteiger partial charge on any atom is 0.0375 e. The Balaban J connectivity index is 4.46. The summed E-state index contributed by atoms with van der Waals surface area (Å²) in [4.78, 5) is 0. The highest BCUT2D eigenvalue weighted by atomic mass is 28.3. The summed E-state index contributed by atoms with van der Waals surface area (Å²) >= 11 is 0. The minimum atomic E-state index is -0.479. The normalized spacial score (nSPS) is 13.1. The van der Waals surface area contributed by atoms with Gasteiger partial charge in [-0.1, -0.05) is 53.6 Å². The molecule has 0 heterocycles. The molecule has 0 saturated carbocycles. The molecule has 0 radical (unpaired) electrons. The first-order chi connectivity index (χ1) is 5.01. The second kappa shape index (κ2) is 4.29. The van der Waals surface area contributed by atoms with Gasteiger partial charge in [0.15, 0.2) is 0 Å². The fraction of sp³-hybridized carbons (Fsp3) is 1.00. The Morgan fingerprint density at radius 1 is 1.09 bits per heavy atom. The zero-order valence-electron chi connectivity index (χ0n) is 9.07. The van der Waals surface area contributed by atoms with E-state index in [1.807, 2.05) is 0 Å². The van der Waals surface area contributed by atoms with Gasteiger partial charge >= 0.3 is 0 Å². The summed E-state index contributed by atoms with van der Waals surface area (Å²) in [5.74, 6) is 0.879. The average molecular weight is 172 g/mol. The third-order valence-corrected chi connectivity index (χ3v) is 7.40. The molecule has 0 N–H and O–H groups in total. The van der Waals surface area contributed by atoms with E-state index in [2.05, 4.69) is 40.8 Å². The first-order valence-electron chi connectivity index (χ1n) is 5.01. The first kappa shape index (κ1) is 11.2. The van der Waals surface area contributed by atoms with Gasteiger partial charge in [-0.15, -0.1) is 0 Å². The van der Waals surface area contributed by atoms with Crippen LogP contribution in [-0.2, 0) is 0 Å². The molecule has 0 nitrogen and oxygen atoms in total. The number of hydrogen-bond donors (Lipinski definition) is 0. The van der Waals surface area contributed by atoms with Crippen LogP contribution in [0.3, 0.4) is 0 Å². The lowest BCUT2D eigenvalue weighted by atomic mass is 9.89. The lowest BCUT2D eigenvalue weighted by molar-refractivity contribution is 0.375. The molecule has 0 atom stereocenters. The molecular formula is C10H24Si. The summed E-state index contributed by atoms with van der Waals surface area (Å²) in [6.45, 7) is 14.5. The highest BCUT2D eigenvalue weighted by Crippen LogP contribution is 2.45. The second-order valence-corrected chi connectivity index (χ2v) is 7.71. The van der Waals surface area contributed by atoms with Gasteiger partial charge in [-0.2, -0.15) is 0 Å². The van der Waals surface area contributed by atoms with Crippen LogP contribution in [0.1, 0.15) is 40.5 Å². The van der Waals surface area contributed by atoms with Crippen LogP contribution in [0.4, 0.5) is 0 Å². The van der Waals surface area contributed by atoms with Crippen LogP contribution in [0, 0.1) is 5.92 Å². The van der Waals surface area contributed by atoms with Gasteiger partial charge in [-0.25, -0.2) is 0 Å². The van der Waals surface area contributed by atoms with Crippen LogP contribution < -0.4 is 0 Å². The molecule has 0 fully saturated rings. The van der Waals surface area contributed by atoms with Crippen molar-refractivity contribution in [1.82, 2.24) is 0 Å². The molecule has 0 aliphatic carbocycles. The molecule has 11 heavy (non-hydrogen) atoms. The molecule has 0 aromatic rings. The molecular weight excluding hydrogens is 148 g/mol. The predicted octanol–water partition coefficient (Wildman–Crippen LogP) is 3.69. The van der Waals surface area contributed by atoms with E-state index in [9.17, 15) is 0 Å². The Morgan fingerprint density at radius 2 is 1.45 bits per heavy atom. The monoisotopic (exact) mass is 172 g/mol. The van der Waals surface area contributed by atoms with Gasteiger partial charge in [-0.05, 0) is 11.0 Å². The summed E-state index contributed by atoms with van der Waals surface area (Å²) in [6, 6.07) is 0. The molecule has 0 spiro atoms. The summed E-state index contributed by atoms with van der Waals surface area (Å²) in [7, 11) is -0.479. The minimum absolute atomic E-state index is 0.479. The molecule has 0 aromatic carbocycles. The van der Waals surface area contributed by atoms with E-state index in [1.54, 1.807) is 0 Å². The number of rotatable bonds is 4. The molecule has 1 heteroatoms. The van der Waals surface area contributed by atoms with Crippen molar-refractivity contribution >= 4 is 8.80 Å². The van der Waals surface area contributed by atoms with Gasteiger partial charge in [0.25, 0.3) is 0 Å². The zero-order valence-corrected chi connectivity index (χ0v) is 10.2. The highest BCUT2D eigenvalue weighted by Gasteiger charge is 2.33. The molecule has 0 aliphatic heterocycles. The summed E-state index contributed by atoms with van der Waals surface area (Å²) in [5, 5.41) is 0.722. The highest BCUT2D eigenvalue weighted by molar-refractivity contribution is 6.59. The molecule has 68 valence electrons. The van der Waals surface area contributed by atoms with Gasteiger partial charge in [0, 0.05) is 8.80 Å². The smallest absolute Gasteiger partial charge is 0.0375 e. The molecule has 0 saturated heterocycles. The van der Waals surface area contributed by atoms with Crippen LogP contribution in [0.15, 0.2) is 0 Å². The lowest BCUT2D eigenvalue weighted by Gasteiger charge is -2.39.